The second kappa shape index (κ2) is 3.49. The van der Waals surface area contributed by atoms with Gasteiger partial charge in [-0.05, 0) is 18.9 Å². The summed E-state index contributed by atoms with van der Waals surface area (Å²) >= 11 is 1.41. The highest BCUT2D eigenvalue weighted by Gasteiger charge is 2.22. The Morgan fingerprint density at radius 3 is 2.93 bits per heavy atom. The number of nitrogen functional groups attached to an aromatic ring is 1. The van der Waals surface area contributed by atoms with Crippen LogP contribution in [0, 0.1) is 0 Å². The van der Waals surface area contributed by atoms with Gasteiger partial charge in [0.2, 0.25) is 0 Å². The normalized spacial score (nSPS) is 15.2. The van der Waals surface area contributed by atoms with Crippen molar-refractivity contribution in [2.24, 2.45) is 0 Å². The number of nitrogens with one attached hydrogen (secondary N) is 2. The van der Waals surface area contributed by atoms with Crippen LogP contribution < -0.4 is 16.4 Å². The number of amides is 1. The Bertz CT molecular complexity index is 357. The van der Waals surface area contributed by atoms with Crippen LogP contribution in [0.3, 0.4) is 0 Å². The van der Waals surface area contributed by atoms with Gasteiger partial charge in [0.25, 0.3) is 5.91 Å². The van der Waals surface area contributed by atoms with Crippen LogP contribution in [0.4, 0.5) is 10.7 Å². The zero-order valence-electron chi connectivity index (χ0n) is 7.96. The Morgan fingerprint density at radius 1 is 1.64 bits per heavy atom. The Morgan fingerprint density at radius 2 is 2.36 bits per heavy atom. The lowest BCUT2D eigenvalue weighted by atomic mass is 10.4. The minimum absolute atomic E-state index is 0.114. The number of rotatable bonds is 3. The SMILES string of the molecule is CNC(=O)c1sc(NC2CC2)cc1N. The third-order valence-electron chi connectivity index (χ3n) is 2.12. The number of thiophene rings is 1. The molecule has 1 heterocycles. The van der Waals surface area contributed by atoms with Crippen LogP contribution in [0.5, 0.6) is 0 Å². The molecule has 0 saturated heterocycles. The lowest BCUT2D eigenvalue weighted by Crippen LogP contribution is -2.17. The number of carbonyl (C=O) groups is 1. The Hall–Kier alpha value is -1.23. The fourth-order valence-corrected chi connectivity index (χ4v) is 2.20. The zero-order valence-corrected chi connectivity index (χ0v) is 8.78. The molecule has 0 aliphatic heterocycles. The highest BCUT2D eigenvalue weighted by Crippen LogP contribution is 2.33. The van der Waals surface area contributed by atoms with Crippen molar-refractivity contribution in [3.05, 3.63) is 10.9 Å². The van der Waals surface area contributed by atoms with E-state index in [9.17, 15) is 4.79 Å². The van der Waals surface area contributed by atoms with Crippen molar-refractivity contribution in [3.63, 3.8) is 0 Å². The smallest absolute Gasteiger partial charge is 0.263 e. The van der Waals surface area contributed by atoms with Gasteiger partial charge in [-0.1, -0.05) is 0 Å². The lowest BCUT2D eigenvalue weighted by molar-refractivity contribution is 0.0968. The van der Waals surface area contributed by atoms with Crippen LogP contribution in [0.25, 0.3) is 0 Å². The summed E-state index contributed by atoms with van der Waals surface area (Å²) in [4.78, 5) is 11.9. The summed E-state index contributed by atoms with van der Waals surface area (Å²) in [7, 11) is 1.61. The summed E-state index contributed by atoms with van der Waals surface area (Å²) in [5, 5.41) is 6.87. The second-order valence-electron chi connectivity index (χ2n) is 3.39. The zero-order chi connectivity index (χ0) is 10.1. The van der Waals surface area contributed by atoms with E-state index in [1.807, 2.05) is 6.07 Å². The summed E-state index contributed by atoms with van der Waals surface area (Å²) in [5.74, 6) is -0.114. The first-order valence-corrected chi connectivity index (χ1v) is 5.40. The lowest BCUT2D eigenvalue weighted by Gasteiger charge is -1.97. The summed E-state index contributed by atoms with van der Waals surface area (Å²) < 4.78 is 0. The van der Waals surface area contributed by atoms with Crippen LogP contribution in [-0.2, 0) is 0 Å². The molecule has 1 fully saturated rings. The van der Waals surface area contributed by atoms with Gasteiger partial charge in [-0.25, -0.2) is 0 Å². The highest BCUT2D eigenvalue weighted by atomic mass is 32.1. The van der Waals surface area contributed by atoms with Crippen LogP contribution in [-0.4, -0.2) is 19.0 Å². The second-order valence-corrected chi connectivity index (χ2v) is 4.45. The van der Waals surface area contributed by atoms with Crippen molar-refractivity contribution in [2.45, 2.75) is 18.9 Å². The molecule has 1 aromatic heterocycles. The number of nitrogens with two attached hydrogens (primary N) is 1. The molecule has 0 radical (unpaired) electrons. The van der Waals surface area contributed by atoms with E-state index in [-0.39, 0.29) is 5.91 Å². The van der Waals surface area contributed by atoms with Crippen molar-refractivity contribution >= 4 is 27.9 Å². The number of anilines is 2. The monoisotopic (exact) mass is 211 g/mol. The summed E-state index contributed by atoms with van der Waals surface area (Å²) in [5.41, 5.74) is 6.28. The average molecular weight is 211 g/mol. The third kappa shape index (κ3) is 1.82. The maximum atomic E-state index is 11.3. The molecule has 1 saturated carbocycles. The summed E-state index contributed by atoms with van der Waals surface area (Å²) in [6.07, 6.45) is 2.43. The molecule has 1 amide bonds. The van der Waals surface area contributed by atoms with E-state index in [1.54, 1.807) is 7.05 Å². The number of hydrogen-bond acceptors (Lipinski definition) is 4. The molecule has 14 heavy (non-hydrogen) atoms. The molecule has 1 aliphatic carbocycles. The van der Waals surface area contributed by atoms with E-state index in [0.717, 1.165) is 5.00 Å². The standard InChI is InChI=1S/C9H13N3OS/c1-11-9(13)8-6(10)4-7(14-8)12-5-2-3-5/h4-5,12H,2-3,10H2,1H3,(H,11,13). The van der Waals surface area contributed by atoms with Crippen LogP contribution in [0.2, 0.25) is 0 Å². The van der Waals surface area contributed by atoms with Crippen molar-refractivity contribution in [1.82, 2.24) is 5.32 Å². The Kier molecular flexibility index (Phi) is 2.33. The fraction of sp³-hybridized carbons (Fsp3) is 0.444. The first kappa shape index (κ1) is 9.33. The topological polar surface area (TPSA) is 67.2 Å². The molecule has 0 atom stereocenters. The number of carbonyl (C=O) groups excluding carboxylic acids is 1. The molecule has 4 N–H and O–H groups in total. The molecule has 0 unspecified atom stereocenters. The van der Waals surface area contributed by atoms with Gasteiger partial charge in [0.05, 0.1) is 10.7 Å². The molecule has 0 aromatic carbocycles. The van der Waals surface area contributed by atoms with Gasteiger partial charge in [-0.2, -0.15) is 0 Å². The van der Waals surface area contributed by atoms with Crippen molar-refractivity contribution < 1.29 is 4.79 Å². The van der Waals surface area contributed by atoms with E-state index in [1.165, 1.54) is 24.2 Å². The average Bonchev–Trinajstić information content (AvgIpc) is 2.89. The molecule has 2 rings (SSSR count). The Labute approximate surface area is 86.5 Å². The summed E-state index contributed by atoms with van der Waals surface area (Å²) in [6, 6.07) is 2.42. The molecular weight excluding hydrogens is 198 g/mol. The van der Waals surface area contributed by atoms with Crippen LogP contribution in [0.1, 0.15) is 22.5 Å². The van der Waals surface area contributed by atoms with Crippen LogP contribution in [0.15, 0.2) is 6.07 Å². The van der Waals surface area contributed by atoms with E-state index in [0.29, 0.717) is 16.6 Å². The third-order valence-corrected chi connectivity index (χ3v) is 3.20. The summed E-state index contributed by atoms with van der Waals surface area (Å²) in [6.45, 7) is 0. The maximum Gasteiger partial charge on any atom is 0.263 e. The quantitative estimate of drug-likeness (QED) is 0.705. The van der Waals surface area contributed by atoms with Crippen molar-refractivity contribution in [2.75, 3.05) is 18.1 Å². The van der Waals surface area contributed by atoms with Crippen molar-refractivity contribution in [1.29, 1.82) is 0 Å². The van der Waals surface area contributed by atoms with E-state index in [2.05, 4.69) is 10.6 Å². The molecule has 1 aliphatic rings. The largest absolute Gasteiger partial charge is 0.397 e. The first-order valence-electron chi connectivity index (χ1n) is 4.58. The molecule has 4 nitrogen and oxygen atoms in total. The molecule has 76 valence electrons. The van der Waals surface area contributed by atoms with Gasteiger partial charge in [0, 0.05) is 13.1 Å². The maximum absolute atomic E-state index is 11.3. The van der Waals surface area contributed by atoms with E-state index in [4.69, 9.17) is 5.73 Å². The fourth-order valence-electron chi connectivity index (χ4n) is 1.20. The van der Waals surface area contributed by atoms with E-state index < -0.39 is 0 Å². The molecule has 1 aromatic rings. The molecule has 0 spiro atoms. The minimum atomic E-state index is -0.114. The highest BCUT2D eigenvalue weighted by molar-refractivity contribution is 7.18. The molecule has 5 heteroatoms. The first-order chi connectivity index (χ1) is 6.70. The predicted octanol–water partition coefficient (Wildman–Crippen LogP) is 1.26. The van der Waals surface area contributed by atoms with Gasteiger partial charge < -0.3 is 16.4 Å². The van der Waals surface area contributed by atoms with Gasteiger partial charge in [-0.3, -0.25) is 4.79 Å². The predicted molar refractivity (Wildman–Crippen MR) is 58.8 cm³/mol. The van der Waals surface area contributed by atoms with Gasteiger partial charge >= 0.3 is 0 Å². The van der Waals surface area contributed by atoms with Crippen LogP contribution >= 0.6 is 11.3 Å². The number of hydrogen-bond donors (Lipinski definition) is 3. The van der Waals surface area contributed by atoms with Gasteiger partial charge in [0.1, 0.15) is 4.88 Å². The van der Waals surface area contributed by atoms with E-state index >= 15 is 0 Å². The Balaban J connectivity index is 2.15. The minimum Gasteiger partial charge on any atom is -0.397 e. The van der Waals surface area contributed by atoms with Gasteiger partial charge in [-0.15, -0.1) is 11.3 Å². The van der Waals surface area contributed by atoms with Gasteiger partial charge in [0.15, 0.2) is 0 Å². The molecular formula is C9H13N3OS. The molecule has 0 bridgehead atoms. The van der Waals surface area contributed by atoms with Crippen molar-refractivity contribution in [3.8, 4) is 0 Å².